The molecule has 13 heavy (non-hydrogen) atoms. The highest BCUT2D eigenvalue weighted by molar-refractivity contribution is 5.85. The van der Waals surface area contributed by atoms with Crippen LogP contribution < -0.4 is 4.90 Å². The number of hydrogen-bond acceptors (Lipinski definition) is 4. The Morgan fingerprint density at radius 2 is 2.15 bits per heavy atom. The Bertz CT molecular complexity index is 319. The van der Waals surface area contributed by atoms with Crippen molar-refractivity contribution in [3.8, 4) is 0 Å². The first-order valence-electron chi connectivity index (χ1n) is 4.09. The largest absolute Gasteiger partial charge is 0.476 e. The van der Waals surface area contributed by atoms with Crippen molar-refractivity contribution in [2.24, 2.45) is 0 Å². The quantitative estimate of drug-likeness (QED) is 0.711. The van der Waals surface area contributed by atoms with E-state index in [4.69, 9.17) is 5.11 Å². The maximum Gasteiger partial charge on any atom is 0.356 e. The molecule has 2 heterocycles. The van der Waals surface area contributed by atoms with Crippen LogP contribution >= 0.6 is 0 Å². The van der Waals surface area contributed by atoms with Gasteiger partial charge in [0.25, 0.3) is 0 Å². The molecule has 0 spiro atoms. The molecular formula is C8H9N3O2. The molecule has 5 heteroatoms. The lowest BCUT2D eigenvalue weighted by atomic mass is 10.2. The summed E-state index contributed by atoms with van der Waals surface area (Å²) in [6.07, 6.45) is 1.17. The minimum absolute atomic E-state index is 0.00993. The van der Waals surface area contributed by atoms with Gasteiger partial charge in [0.1, 0.15) is 0 Å². The van der Waals surface area contributed by atoms with E-state index in [0.29, 0.717) is 0 Å². The van der Waals surface area contributed by atoms with Gasteiger partial charge in [0.15, 0.2) is 11.5 Å². The van der Waals surface area contributed by atoms with E-state index in [2.05, 4.69) is 15.1 Å². The highest BCUT2D eigenvalue weighted by atomic mass is 16.4. The molecule has 0 aliphatic carbocycles. The van der Waals surface area contributed by atoms with Gasteiger partial charge in [0, 0.05) is 13.1 Å². The number of anilines is 1. The van der Waals surface area contributed by atoms with Crippen LogP contribution in [0.15, 0.2) is 12.1 Å². The molecule has 1 aliphatic rings. The molecule has 0 radical (unpaired) electrons. The minimum Gasteiger partial charge on any atom is -0.476 e. The van der Waals surface area contributed by atoms with Crippen molar-refractivity contribution in [2.45, 2.75) is 6.42 Å². The van der Waals surface area contributed by atoms with Gasteiger partial charge in [-0.1, -0.05) is 0 Å². The third-order valence-corrected chi connectivity index (χ3v) is 2.05. The third kappa shape index (κ3) is 1.44. The number of rotatable bonds is 2. The van der Waals surface area contributed by atoms with Crippen LogP contribution in [0, 0.1) is 0 Å². The predicted molar refractivity (Wildman–Crippen MR) is 45.8 cm³/mol. The topological polar surface area (TPSA) is 66.3 Å². The number of aromatic carboxylic acids is 1. The third-order valence-electron chi connectivity index (χ3n) is 2.05. The monoisotopic (exact) mass is 179 g/mol. The van der Waals surface area contributed by atoms with Crippen LogP contribution in [0.1, 0.15) is 16.9 Å². The van der Waals surface area contributed by atoms with Gasteiger partial charge in [0.2, 0.25) is 0 Å². The van der Waals surface area contributed by atoms with Crippen LogP contribution in [0.5, 0.6) is 0 Å². The summed E-state index contributed by atoms with van der Waals surface area (Å²) in [5, 5.41) is 16.0. The molecule has 68 valence electrons. The SMILES string of the molecule is O=C(O)c1ccc(N2CCC2)nn1. The minimum atomic E-state index is -1.04. The number of carboxylic acids is 1. The normalized spacial score (nSPS) is 15.2. The zero-order chi connectivity index (χ0) is 9.26. The molecule has 0 aromatic carbocycles. The molecule has 0 bridgehead atoms. The second-order valence-electron chi connectivity index (χ2n) is 2.92. The zero-order valence-corrected chi connectivity index (χ0v) is 6.97. The number of nitrogens with zero attached hydrogens (tertiary/aromatic N) is 3. The van der Waals surface area contributed by atoms with Gasteiger partial charge in [0.05, 0.1) is 0 Å². The van der Waals surface area contributed by atoms with Crippen molar-refractivity contribution in [3.05, 3.63) is 17.8 Å². The van der Waals surface area contributed by atoms with Crippen LogP contribution in [0.2, 0.25) is 0 Å². The molecule has 0 unspecified atom stereocenters. The lowest BCUT2D eigenvalue weighted by Crippen LogP contribution is -2.37. The molecule has 1 fully saturated rings. The smallest absolute Gasteiger partial charge is 0.356 e. The van der Waals surface area contributed by atoms with Gasteiger partial charge in [-0.2, -0.15) is 0 Å². The Hall–Kier alpha value is -1.65. The Labute approximate surface area is 75.0 Å². The van der Waals surface area contributed by atoms with E-state index in [1.807, 2.05) is 0 Å². The van der Waals surface area contributed by atoms with E-state index < -0.39 is 5.97 Å². The summed E-state index contributed by atoms with van der Waals surface area (Å²) in [6, 6.07) is 3.17. The second kappa shape index (κ2) is 3.01. The average Bonchev–Trinajstić information content (AvgIpc) is 2.02. The van der Waals surface area contributed by atoms with Crippen molar-refractivity contribution in [1.29, 1.82) is 0 Å². The lowest BCUT2D eigenvalue weighted by molar-refractivity contribution is 0.0689. The number of hydrogen-bond donors (Lipinski definition) is 1. The number of aromatic nitrogens is 2. The number of carbonyl (C=O) groups is 1. The van der Waals surface area contributed by atoms with E-state index in [0.717, 1.165) is 18.9 Å². The van der Waals surface area contributed by atoms with Gasteiger partial charge in [-0.15, -0.1) is 10.2 Å². The summed E-state index contributed by atoms with van der Waals surface area (Å²) in [5.41, 5.74) is -0.00993. The molecule has 1 aliphatic heterocycles. The molecule has 1 aromatic rings. The first-order chi connectivity index (χ1) is 6.27. The van der Waals surface area contributed by atoms with Crippen molar-refractivity contribution in [3.63, 3.8) is 0 Å². The van der Waals surface area contributed by atoms with E-state index in [1.54, 1.807) is 6.07 Å². The molecule has 5 nitrogen and oxygen atoms in total. The average molecular weight is 179 g/mol. The van der Waals surface area contributed by atoms with Gasteiger partial charge in [-0.25, -0.2) is 4.79 Å². The summed E-state index contributed by atoms with van der Waals surface area (Å²) < 4.78 is 0. The summed E-state index contributed by atoms with van der Waals surface area (Å²) in [4.78, 5) is 12.5. The van der Waals surface area contributed by atoms with Crippen molar-refractivity contribution < 1.29 is 9.90 Å². The summed E-state index contributed by atoms with van der Waals surface area (Å²) in [7, 11) is 0. The summed E-state index contributed by atoms with van der Waals surface area (Å²) in [5.74, 6) is -0.279. The fourth-order valence-electron chi connectivity index (χ4n) is 1.15. The van der Waals surface area contributed by atoms with E-state index in [-0.39, 0.29) is 5.69 Å². The van der Waals surface area contributed by atoms with E-state index >= 15 is 0 Å². The van der Waals surface area contributed by atoms with Crippen molar-refractivity contribution >= 4 is 11.8 Å². The highest BCUT2D eigenvalue weighted by Crippen LogP contribution is 2.16. The molecule has 1 aromatic heterocycles. The Balaban J connectivity index is 2.17. The maximum absolute atomic E-state index is 10.4. The molecule has 0 saturated carbocycles. The van der Waals surface area contributed by atoms with Gasteiger partial charge < -0.3 is 10.0 Å². The Kier molecular flexibility index (Phi) is 1.84. The van der Waals surface area contributed by atoms with Gasteiger partial charge in [-0.3, -0.25) is 0 Å². The summed E-state index contributed by atoms with van der Waals surface area (Å²) >= 11 is 0. The zero-order valence-electron chi connectivity index (χ0n) is 6.97. The predicted octanol–water partition coefficient (Wildman–Crippen LogP) is 0.385. The fraction of sp³-hybridized carbons (Fsp3) is 0.375. The second-order valence-corrected chi connectivity index (χ2v) is 2.92. The molecule has 2 rings (SSSR count). The van der Waals surface area contributed by atoms with Crippen LogP contribution in [0.3, 0.4) is 0 Å². The van der Waals surface area contributed by atoms with E-state index in [9.17, 15) is 4.79 Å². The van der Waals surface area contributed by atoms with Crippen LogP contribution in [-0.4, -0.2) is 34.4 Å². The standard InChI is InChI=1S/C8H9N3O2/c12-8(13)6-2-3-7(10-9-6)11-4-1-5-11/h2-3H,1,4-5H2,(H,12,13). The van der Waals surface area contributed by atoms with E-state index in [1.165, 1.54) is 12.5 Å². The van der Waals surface area contributed by atoms with Crippen LogP contribution in [0.25, 0.3) is 0 Å². The first kappa shape index (κ1) is 7.97. The van der Waals surface area contributed by atoms with Gasteiger partial charge >= 0.3 is 5.97 Å². The van der Waals surface area contributed by atoms with Crippen molar-refractivity contribution in [1.82, 2.24) is 10.2 Å². The molecule has 0 amide bonds. The molecule has 1 saturated heterocycles. The fourth-order valence-corrected chi connectivity index (χ4v) is 1.15. The van der Waals surface area contributed by atoms with Gasteiger partial charge in [-0.05, 0) is 18.6 Å². The Morgan fingerprint density at radius 3 is 2.54 bits per heavy atom. The molecular weight excluding hydrogens is 170 g/mol. The molecule has 0 atom stereocenters. The Morgan fingerprint density at radius 1 is 1.38 bits per heavy atom. The maximum atomic E-state index is 10.4. The van der Waals surface area contributed by atoms with Crippen LogP contribution in [0.4, 0.5) is 5.82 Å². The molecule has 1 N–H and O–H groups in total. The van der Waals surface area contributed by atoms with Crippen LogP contribution in [-0.2, 0) is 0 Å². The first-order valence-corrected chi connectivity index (χ1v) is 4.09. The highest BCUT2D eigenvalue weighted by Gasteiger charge is 2.16. The number of carboxylic acid groups (broad SMARTS) is 1. The van der Waals surface area contributed by atoms with Crippen molar-refractivity contribution in [2.75, 3.05) is 18.0 Å². The summed E-state index contributed by atoms with van der Waals surface area (Å²) in [6.45, 7) is 1.97. The lowest BCUT2D eigenvalue weighted by Gasteiger charge is -2.31.